The Hall–Kier alpha value is 1.83. The van der Waals surface area contributed by atoms with E-state index in [2.05, 4.69) is 127 Å². The van der Waals surface area contributed by atoms with Gasteiger partial charge >= 0.3 is 0 Å². The molecule has 0 radical (unpaired) electrons. The van der Waals surface area contributed by atoms with Crippen LogP contribution in [-0.4, -0.2) is 41.9 Å². The number of benzene rings is 2. The Morgan fingerprint density at radius 1 is 0.657 bits per heavy atom. The average Bonchev–Trinajstić information content (AvgIpc) is 2.81. The lowest BCUT2D eigenvalue weighted by atomic mass is 10.2. The van der Waals surface area contributed by atoms with Crippen LogP contribution in [0.15, 0.2) is 51.9 Å². The smallest absolute Gasteiger partial charge is 0.206 e. The van der Waals surface area contributed by atoms with Gasteiger partial charge in [0, 0.05) is 20.3 Å². The minimum Gasteiger partial charge on any atom is -0.491 e. The van der Waals surface area contributed by atoms with E-state index in [1.807, 2.05) is 0 Å². The molecule has 0 heterocycles. The van der Waals surface area contributed by atoms with Gasteiger partial charge in [0.2, 0.25) is 9.84 Å². The van der Waals surface area contributed by atoms with E-state index in [1.54, 1.807) is 24.3 Å². The van der Waals surface area contributed by atoms with Crippen LogP contribution in [0.5, 0.6) is 11.5 Å². The highest BCUT2D eigenvalue weighted by atomic mass is 79.9. The Morgan fingerprint density at radius 2 is 0.971 bits per heavy atom. The Morgan fingerprint density at radius 3 is 1.26 bits per heavy atom. The Labute approximate surface area is 274 Å². The van der Waals surface area contributed by atoms with Gasteiger partial charge in [-0.2, -0.15) is 0 Å². The third-order valence-corrected chi connectivity index (χ3v) is 13.6. The Bertz CT molecular complexity index is 971. The highest BCUT2D eigenvalue weighted by molar-refractivity contribution is 9.12. The van der Waals surface area contributed by atoms with Gasteiger partial charge in [0.25, 0.3) is 0 Å². The zero-order valence-electron chi connectivity index (χ0n) is 18.2. The normalized spacial score (nSPS) is 13.5. The molecule has 0 amide bonds. The molecule has 2 rings (SSSR count). The predicted molar refractivity (Wildman–Crippen MR) is 172 cm³/mol. The van der Waals surface area contributed by atoms with Gasteiger partial charge in [-0.15, -0.1) is 0 Å². The van der Waals surface area contributed by atoms with E-state index in [1.165, 1.54) is 0 Å². The molecule has 196 valence electrons. The van der Waals surface area contributed by atoms with Gasteiger partial charge in [-0.1, -0.05) is 63.7 Å². The number of rotatable bonds is 14. The second-order valence-electron chi connectivity index (χ2n) is 7.42. The van der Waals surface area contributed by atoms with Crippen LogP contribution in [0.1, 0.15) is 25.7 Å². The third kappa shape index (κ3) is 10.1. The summed E-state index contributed by atoms with van der Waals surface area (Å²) in [5.41, 5.74) is 0. The van der Waals surface area contributed by atoms with Crippen LogP contribution in [0.2, 0.25) is 0 Å². The van der Waals surface area contributed by atoms with E-state index < -0.39 is 9.84 Å². The van der Waals surface area contributed by atoms with Crippen LogP contribution in [0, 0.1) is 0 Å². The van der Waals surface area contributed by atoms with Gasteiger partial charge in [0.05, 0.1) is 40.9 Å². The van der Waals surface area contributed by atoms with Crippen molar-refractivity contribution in [3.05, 3.63) is 42.2 Å². The van der Waals surface area contributed by atoms with Crippen molar-refractivity contribution in [3.63, 3.8) is 0 Å². The highest BCUT2D eigenvalue weighted by Gasteiger charge is 2.24. The lowest BCUT2D eigenvalue weighted by molar-refractivity contribution is 0.303. The lowest BCUT2D eigenvalue weighted by Crippen LogP contribution is -2.07. The Kier molecular flexibility index (Phi) is 15.3. The second kappa shape index (κ2) is 16.2. The fourth-order valence-corrected chi connectivity index (χ4v) is 9.00. The van der Waals surface area contributed by atoms with Crippen molar-refractivity contribution in [3.8, 4) is 11.5 Å². The van der Waals surface area contributed by atoms with Crippen molar-refractivity contribution in [2.75, 3.05) is 23.9 Å². The summed E-state index contributed by atoms with van der Waals surface area (Å²) in [5, 5.41) is 1.75. The van der Waals surface area contributed by atoms with Gasteiger partial charge in [0.1, 0.15) is 11.5 Å². The van der Waals surface area contributed by atoms with E-state index >= 15 is 0 Å². The number of ether oxygens (including phenoxy) is 2. The first kappa shape index (κ1) is 33.0. The summed E-state index contributed by atoms with van der Waals surface area (Å²) >= 11 is 27.9. The highest BCUT2D eigenvalue weighted by Crippen LogP contribution is 2.41. The molecule has 0 spiro atoms. The van der Waals surface area contributed by atoms with Crippen LogP contribution in [0.3, 0.4) is 0 Å². The topological polar surface area (TPSA) is 52.6 Å². The molecular formula is C22H22Br8O4S. The van der Waals surface area contributed by atoms with E-state index in [-0.39, 0.29) is 9.79 Å². The first-order chi connectivity index (χ1) is 16.5. The molecule has 0 aromatic heterocycles. The molecule has 0 saturated heterocycles. The summed E-state index contributed by atoms with van der Waals surface area (Å²) in [6.07, 6.45) is 3.66. The standard InChI is InChI=1S/C22H22Br8O4S/c23-11-13(25)3-1-5-33-21-17(27)7-15(8-18(21)28)35(31,32)16-9-19(29)22(20(30)10-16)34-6-2-4-14(26)12-24/h7-10,13-14H,1-6,11-12H2. The molecule has 0 saturated carbocycles. The van der Waals surface area contributed by atoms with E-state index in [0.29, 0.717) is 52.3 Å². The number of hydrogen-bond donors (Lipinski definition) is 0. The van der Waals surface area contributed by atoms with Crippen molar-refractivity contribution >= 4 is 137 Å². The number of sulfone groups is 1. The molecule has 2 atom stereocenters. The summed E-state index contributed by atoms with van der Waals surface area (Å²) in [6.45, 7) is 1.04. The maximum Gasteiger partial charge on any atom is 0.206 e. The molecular weight excluding hydrogens is 1000 g/mol. The van der Waals surface area contributed by atoms with Gasteiger partial charge in [0.15, 0.2) is 0 Å². The van der Waals surface area contributed by atoms with Crippen molar-refractivity contribution in [2.24, 2.45) is 0 Å². The molecule has 0 aliphatic carbocycles. The second-order valence-corrected chi connectivity index (χ2v) is 16.7. The lowest BCUT2D eigenvalue weighted by Gasteiger charge is -2.15. The summed E-state index contributed by atoms with van der Waals surface area (Å²) < 4.78 is 40.9. The predicted octanol–water partition coefficient (Wildman–Crippen LogP) is 10.2. The van der Waals surface area contributed by atoms with Crippen molar-refractivity contribution in [1.82, 2.24) is 0 Å². The summed E-state index contributed by atoms with van der Waals surface area (Å²) in [6, 6.07) is 6.25. The SMILES string of the molecule is O=S(=O)(c1cc(Br)c(OCCCC(Br)CBr)c(Br)c1)c1cc(Br)c(OCCCC(Br)CBr)c(Br)c1. The minimum atomic E-state index is -3.80. The van der Waals surface area contributed by atoms with Crippen LogP contribution in [0.25, 0.3) is 0 Å². The molecule has 2 aromatic carbocycles. The molecule has 4 nitrogen and oxygen atoms in total. The summed E-state index contributed by atoms with van der Waals surface area (Å²) in [4.78, 5) is 1.08. The molecule has 0 bridgehead atoms. The maximum absolute atomic E-state index is 13.4. The van der Waals surface area contributed by atoms with Crippen molar-refractivity contribution < 1.29 is 17.9 Å². The molecule has 0 aliphatic heterocycles. The van der Waals surface area contributed by atoms with Crippen molar-refractivity contribution in [1.29, 1.82) is 0 Å². The molecule has 0 aliphatic rings. The molecule has 2 aromatic rings. The zero-order valence-corrected chi connectivity index (χ0v) is 31.7. The van der Waals surface area contributed by atoms with E-state index in [4.69, 9.17) is 9.47 Å². The van der Waals surface area contributed by atoms with E-state index in [9.17, 15) is 8.42 Å². The average molecular weight is 1020 g/mol. The van der Waals surface area contributed by atoms with Crippen LogP contribution in [0.4, 0.5) is 0 Å². The van der Waals surface area contributed by atoms with Gasteiger partial charge in [-0.25, -0.2) is 8.42 Å². The maximum atomic E-state index is 13.4. The van der Waals surface area contributed by atoms with E-state index in [0.717, 1.165) is 36.3 Å². The Balaban J connectivity index is 2.17. The first-order valence-corrected chi connectivity index (χ1v) is 19.1. The molecule has 0 N–H and O–H groups in total. The monoisotopic (exact) mass is 1010 g/mol. The third-order valence-electron chi connectivity index (χ3n) is 4.72. The number of hydrogen-bond acceptors (Lipinski definition) is 4. The van der Waals surface area contributed by atoms with Crippen LogP contribution >= 0.6 is 127 Å². The zero-order chi connectivity index (χ0) is 26.2. The molecule has 0 fully saturated rings. The van der Waals surface area contributed by atoms with Crippen molar-refractivity contribution in [2.45, 2.75) is 45.1 Å². The minimum absolute atomic E-state index is 0.147. The van der Waals surface area contributed by atoms with Crippen LogP contribution in [-0.2, 0) is 9.84 Å². The van der Waals surface area contributed by atoms with Crippen LogP contribution < -0.4 is 9.47 Å². The molecule has 13 heteroatoms. The number of halogens is 8. The fourth-order valence-electron chi connectivity index (χ4n) is 2.91. The summed E-state index contributed by atoms with van der Waals surface area (Å²) in [5.74, 6) is 1.15. The molecule has 2 unspecified atom stereocenters. The number of alkyl halides is 4. The van der Waals surface area contributed by atoms with Gasteiger partial charge < -0.3 is 9.47 Å². The van der Waals surface area contributed by atoms with Gasteiger partial charge in [-0.05, 0) is 114 Å². The summed E-state index contributed by atoms with van der Waals surface area (Å²) in [7, 11) is -3.80. The molecule has 35 heavy (non-hydrogen) atoms. The quantitative estimate of drug-likeness (QED) is 0.140. The fraction of sp³-hybridized carbons (Fsp3) is 0.455. The first-order valence-electron chi connectivity index (χ1n) is 10.4. The largest absolute Gasteiger partial charge is 0.491 e. The van der Waals surface area contributed by atoms with Gasteiger partial charge in [-0.3, -0.25) is 0 Å².